The summed E-state index contributed by atoms with van der Waals surface area (Å²) in [5.74, 6) is 6.76. The highest BCUT2D eigenvalue weighted by Crippen LogP contribution is 2.25. The number of aliphatic hydroxyl groups is 1. The number of nitrogens with zero attached hydrogens (tertiary/aromatic N) is 1. The minimum atomic E-state index is -0.890. The van der Waals surface area contributed by atoms with Crippen molar-refractivity contribution < 1.29 is 10.0 Å². The smallest absolute Gasteiger partial charge is 0.139 e. The van der Waals surface area contributed by atoms with Gasteiger partial charge in [-0.2, -0.15) is 0 Å². The summed E-state index contributed by atoms with van der Waals surface area (Å²) in [6.45, 7) is 10.1. The van der Waals surface area contributed by atoms with Crippen LogP contribution in [0.4, 0.5) is 0 Å². The van der Waals surface area contributed by atoms with Gasteiger partial charge in [-0.15, -0.1) is 0 Å². The lowest BCUT2D eigenvalue weighted by molar-refractivity contribution is -0.930. The van der Waals surface area contributed by atoms with Crippen molar-refractivity contribution in [1.82, 2.24) is 4.98 Å². The topological polar surface area (TPSA) is 37.6 Å². The van der Waals surface area contributed by atoms with Crippen LogP contribution in [-0.2, 0) is 0 Å². The Morgan fingerprint density at radius 3 is 2.65 bits per heavy atom. The molecule has 1 saturated heterocycles. The lowest BCUT2D eigenvalue weighted by Crippen LogP contribution is -3.13. The number of rotatable bonds is 4. The minimum absolute atomic E-state index is 0.139. The van der Waals surface area contributed by atoms with Gasteiger partial charge in [0.2, 0.25) is 0 Å². The average molecular weight is 315 g/mol. The third-order valence-electron chi connectivity index (χ3n) is 5.18. The number of nitrogens with one attached hydrogen (secondary N) is 1. The van der Waals surface area contributed by atoms with Crippen LogP contribution in [0.3, 0.4) is 0 Å². The van der Waals surface area contributed by atoms with Crippen LogP contribution in [0.25, 0.3) is 0 Å². The largest absolute Gasteiger partial charge is 0.377 e. The predicted molar refractivity (Wildman–Crippen MR) is 93.9 cm³/mol. The van der Waals surface area contributed by atoms with Gasteiger partial charge in [-0.3, -0.25) is 4.98 Å². The monoisotopic (exact) mass is 315 g/mol. The Labute approximate surface area is 141 Å². The van der Waals surface area contributed by atoms with Crippen molar-refractivity contribution in [1.29, 1.82) is 0 Å². The Kier molecular flexibility index (Phi) is 6.21. The first-order chi connectivity index (χ1) is 10.9. The molecule has 1 fully saturated rings. The number of pyridine rings is 1. The molecular weight excluding hydrogens is 284 g/mol. The molecular formula is C20H31N2O+. The molecule has 1 unspecified atom stereocenters. The van der Waals surface area contributed by atoms with Crippen molar-refractivity contribution in [2.45, 2.75) is 58.6 Å². The first kappa shape index (κ1) is 18.0. The van der Waals surface area contributed by atoms with Crippen LogP contribution in [0.15, 0.2) is 24.5 Å². The van der Waals surface area contributed by atoms with Crippen LogP contribution >= 0.6 is 0 Å². The highest BCUT2D eigenvalue weighted by Gasteiger charge is 2.33. The van der Waals surface area contributed by atoms with Gasteiger partial charge in [0.1, 0.15) is 18.2 Å². The Balaban J connectivity index is 2.10. The van der Waals surface area contributed by atoms with E-state index in [1.165, 1.54) is 29.7 Å². The van der Waals surface area contributed by atoms with E-state index < -0.39 is 5.60 Å². The van der Waals surface area contributed by atoms with Crippen molar-refractivity contribution in [3.63, 3.8) is 0 Å². The standard InChI is InChI=1S/C20H30N2O/c1-16(2)20(23,17(3)4)11-8-14-22-13-6-5-10-19(22)18-9-7-12-21-15-18/h7,9,12,15-17,19,23H,5-6,10,13-14H2,1-4H3/p+1/t19-/m1/s1. The molecule has 3 heteroatoms. The van der Waals surface area contributed by atoms with E-state index in [0.29, 0.717) is 6.04 Å². The molecule has 1 aromatic heterocycles. The number of hydrogen-bond donors (Lipinski definition) is 2. The molecule has 126 valence electrons. The second kappa shape index (κ2) is 7.95. The van der Waals surface area contributed by atoms with Crippen molar-refractivity contribution >= 4 is 0 Å². The molecule has 2 heterocycles. The highest BCUT2D eigenvalue weighted by atomic mass is 16.3. The van der Waals surface area contributed by atoms with E-state index in [-0.39, 0.29) is 11.8 Å². The van der Waals surface area contributed by atoms with E-state index in [1.54, 1.807) is 0 Å². The first-order valence-corrected chi connectivity index (χ1v) is 8.92. The summed E-state index contributed by atoms with van der Waals surface area (Å²) < 4.78 is 0. The Hall–Kier alpha value is -1.37. The van der Waals surface area contributed by atoms with Gasteiger partial charge in [-0.05, 0) is 36.7 Å². The van der Waals surface area contributed by atoms with E-state index in [2.05, 4.69) is 22.9 Å². The molecule has 2 N–H and O–H groups in total. The zero-order valence-electron chi connectivity index (χ0n) is 15.0. The maximum atomic E-state index is 10.8. The van der Waals surface area contributed by atoms with E-state index in [0.717, 1.165) is 13.1 Å². The van der Waals surface area contributed by atoms with Gasteiger partial charge in [0.05, 0.1) is 6.54 Å². The summed E-state index contributed by atoms with van der Waals surface area (Å²) in [5.41, 5.74) is 0.422. The molecule has 1 aliphatic rings. The van der Waals surface area contributed by atoms with Crippen LogP contribution in [-0.4, -0.2) is 28.8 Å². The second-order valence-electron chi connectivity index (χ2n) is 7.36. The molecule has 0 spiro atoms. The molecule has 0 radical (unpaired) electrons. The summed E-state index contributed by atoms with van der Waals surface area (Å²) in [5, 5.41) is 10.8. The van der Waals surface area contributed by atoms with Gasteiger partial charge in [-0.25, -0.2) is 0 Å². The van der Waals surface area contributed by atoms with Crippen LogP contribution < -0.4 is 4.90 Å². The Bertz CT molecular complexity index is 534. The molecule has 3 nitrogen and oxygen atoms in total. The van der Waals surface area contributed by atoms with E-state index in [9.17, 15) is 5.11 Å². The number of piperidine rings is 1. The fourth-order valence-electron chi connectivity index (χ4n) is 3.53. The Morgan fingerprint density at radius 2 is 2.04 bits per heavy atom. The summed E-state index contributed by atoms with van der Waals surface area (Å²) in [4.78, 5) is 5.78. The van der Waals surface area contributed by atoms with Crippen molar-refractivity contribution in [2.24, 2.45) is 11.8 Å². The van der Waals surface area contributed by atoms with Gasteiger partial charge in [-0.1, -0.05) is 39.7 Å². The SMILES string of the molecule is CC(C)C(O)(C#CC[NH+]1CCCC[C@@H]1c1cccnc1)C(C)C. The number of aromatic nitrogens is 1. The van der Waals surface area contributed by atoms with E-state index in [1.807, 2.05) is 46.2 Å². The summed E-state index contributed by atoms with van der Waals surface area (Å²) in [7, 11) is 0. The summed E-state index contributed by atoms with van der Waals surface area (Å²) >= 11 is 0. The molecule has 2 rings (SSSR count). The maximum Gasteiger partial charge on any atom is 0.139 e. The first-order valence-electron chi connectivity index (χ1n) is 8.92. The van der Waals surface area contributed by atoms with Gasteiger partial charge in [0.25, 0.3) is 0 Å². The fraction of sp³-hybridized carbons (Fsp3) is 0.650. The fourth-order valence-corrected chi connectivity index (χ4v) is 3.53. The zero-order chi connectivity index (χ0) is 16.9. The highest BCUT2D eigenvalue weighted by molar-refractivity contribution is 5.17. The predicted octanol–water partition coefficient (Wildman–Crippen LogP) is 2.24. The normalized spacial score (nSPS) is 22.0. The van der Waals surface area contributed by atoms with Crippen LogP contribution in [0, 0.1) is 23.7 Å². The van der Waals surface area contributed by atoms with Crippen LogP contribution in [0.5, 0.6) is 0 Å². The van der Waals surface area contributed by atoms with Crippen molar-refractivity contribution in [3.8, 4) is 11.8 Å². The molecule has 0 aromatic carbocycles. The van der Waals surface area contributed by atoms with Crippen molar-refractivity contribution in [3.05, 3.63) is 30.1 Å². The lowest BCUT2D eigenvalue weighted by atomic mass is 9.81. The van der Waals surface area contributed by atoms with E-state index >= 15 is 0 Å². The minimum Gasteiger partial charge on any atom is -0.377 e. The van der Waals surface area contributed by atoms with E-state index in [4.69, 9.17) is 0 Å². The molecule has 2 atom stereocenters. The molecule has 0 aliphatic carbocycles. The van der Waals surface area contributed by atoms with Gasteiger partial charge in [0.15, 0.2) is 0 Å². The Morgan fingerprint density at radius 1 is 1.30 bits per heavy atom. The second-order valence-corrected chi connectivity index (χ2v) is 7.36. The van der Waals surface area contributed by atoms with Gasteiger partial charge >= 0.3 is 0 Å². The molecule has 23 heavy (non-hydrogen) atoms. The molecule has 0 amide bonds. The third-order valence-corrected chi connectivity index (χ3v) is 5.18. The summed E-state index contributed by atoms with van der Waals surface area (Å²) in [6.07, 6.45) is 7.55. The number of quaternary nitrogens is 1. The van der Waals surface area contributed by atoms with Crippen LogP contribution in [0.2, 0.25) is 0 Å². The quantitative estimate of drug-likeness (QED) is 0.836. The molecule has 0 saturated carbocycles. The maximum absolute atomic E-state index is 10.8. The molecule has 1 aliphatic heterocycles. The van der Waals surface area contributed by atoms with Crippen molar-refractivity contribution in [2.75, 3.05) is 13.1 Å². The number of likely N-dealkylation sites (tertiary alicyclic amines) is 1. The summed E-state index contributed by atoms with van der Waals surface area (Å²) in [6, 6.07) is 4.68. The third kappa shape index (κ3) is 4.34. The molecule has 0 bridgehead atoms. The number of hydrogen-bond acceptors (Lipinski definition) is 2. The zero-order valence-corrected chi connectivity index (χ0v) is 15.0. The lowest BCUT2D eigenvalue weighted by Gasteiger charge is -2.32. The average Bonchev–Trinajstić information content (AvgIpc) is 2.55. The van der Waals surface area contributed by atoms with Gasteiger partial charge in [0, 0.05) is 24.4 Å². The molecule has 1 aromatic rings. The van der Waals surface area contributed by atoms with Crippen LogP contribution in [0.1, 0.15) is 58.6 Å². The van der Waals surface area contributed by atoms with Gasteiger partial charge < -0.3 is 10.0 Å².